The lowest BCUT2D eigenvalue weighted by molar-refractivity contribution is 0.102. The van der Waals surface area contributed by atoms with Gasteiger partial charge >= 0.3 is 0 Å². The second kappa shape index (κ2) is 5.54. The molecule has 0 saturated heterocycles. The number of aromatic nitrogens is 2. The maximum atomic E-state index is 13.4. The van der Waals surface area contributed by atoms with Gasteiger partial charge in [0.05, 0.1) is 10.6 Å². The molecule has 0 N–H and O–H groups in total. The van der Waals surface area contributed by atoms with Crippen molar-refractivity contribution in [2.75, 3.05) is 0 Å². The highest BCUT2D eigenvalue weighted by Crippen LogP contribution is 2.34. The van der Waals surface area contributed by atoms with Gasteiger partial charge in [0, 0.05) is 30.4 Å². The molecule has 0 aliphatic rings. The van der Waals surface area contributed by atoms with Crippen LogP contribution >= 0.6 is 11.3 Å². The van der Waals surface area contributed by atoms with Gasteiger partial charge in [0.2, 0.25) is 0 Å². The molecule has 104 valence electrons. The molecule has 0 aliphatic heterocycles. The molecule has 0 unspecified atom stereocenters. The molecule has 2 heterocycles. The molecule has 0 saturated carbocycles. The Morgan fingerprint density at radius 3 is 2.57 bits per heavy atom. The predicted molar refractivity (Wildman–Crippen MR) is 80.7 cm³/mol. The Morgan fingerprint density at radius 2 is 1.90 bits per heavy atom. The van der Waals surface area contributed by atoms with Crippen molar-refractivity contribution in [1.29, 1.82) is 0 Å². The maximum Gasteiger partial charge on any atom is 0.172 e. The zero-order valence-electron chi connectivity index (χ0n) is 11.2. The van der Waals surface area contributed by atoms with Crippen molar-refractivity contribution in [3.63, 3.8) is 0 Å². The summed E-state index contributed by atoms with van der Waals surface area (Å²) in [6, 6.07) is 9.78. The van der Waals surface area contributed by atoms with Crippen LogP contribution in [-0.2, 0) is 0 Å². The van der Waals surface area contributed by atoms with Crippen molar-refractivity contribution < 1.29 is 9.18 Å². The van der Waals surface area contributed by atoms with Crippen molar-refractivity contribution in [2.24, 2.45) is 0 Å². The number of thiazole rings is 1. The van der Waals surface area contributed by atoms with Gasteiger partial charge in [0.25, 0.3) is 0 Å². The van der Waals surface area contributed by atoms with Crippen LogP contribution in [0.1, 0.15) is 16.6 Å². The van der Waals surface area contributed by atoms with Gasteiger partial charge in [-0.25, -0.2) is 9.37 Å². The molecule has 2 aromatic heterocycles. The molecule has 0 spiro atoms. The first-order chi connectivity index (χ1) is 10.1. The molecular formula is C16H11FN2OS. The molecule has 0 radical (unpaired) electrons. The molecule has 21 heavy (non-hydrogen) atoms. The highest BCUT2D eigenvalue weighted by Gasteiger charge is 2.17. The Hall–Kier alpha value is -2.40. The van der Waals surface area contributed by atoms with Crippen molar-refractivity contribution in [1.82, 2.24) is 9.97 Å². The van der Waals surface area contributed by atoms with Crippen LogP contribution in [0.2, 0.25) is 0 Å². The van der Waals surface area contributed by atoms with E-state index in [4.69, 9.17) is 0 Å². The fraction of sp³-hybridized carbons (Fsp3) is 0.0625. The lowest BCUT2D eigenvalue weighted by Gasteiger charge is -1.99. The van der Waals surface area contributed by atoms with Gasteiger partial charge in [0.15, 0.2) is 5.78 Å². The van der Waals surface area contributed by atoms with Crippen molar-refractivity contribution in [3.8, 4) is 21.8 Å². The van der Waals surface area contributed by atoms with Crippen LogP contribution in [0.4, 0.5) is 4.39 Å². The Balaban J connectivity index is 2.16. The highest BCUT2D eigenvalue weighted by atomic mass is 32.1. The minimum Gasteiger partial charge on any atom is -0.294 e. The van der Waals surface area contributed by atoms with E-state index in [0.717, 1.165) is 10.6 Å². The third-order valence-corrected chi connectivity index (χ3v) is 4.18. The number of pyridine rings is 1. The second-order valence-electron chi connectivity index (χ2n) is 4.50. The van der Waals surface area contributed by atoms with Crippen LogP contribution in [-0.4, -0.2) is 15.8 Å². The van der Waals surface area contributed by atoms with Gasteiger partial charge in [-0.05, 0) is 24.3 Å². The van der Waals surface area contributed by atoms with E-state index < -0.39 is 0 Å². The number of hydrogen-bond donors (Lipinski definition) is 0. The largest absolute Gasteiger partial charge is 0.294 e. The van der Waals surface area contributed by atoms with Crippen LogP contribution in [0.15, 0.2) is 48.8 Å². The quantitative estimate of drug-likeness (QED) is 0.680. The van der Waals surface area contributed by atoms with Crippen molar-refractivity contribution in [3.05, 3.63) is 59.5 Å². The average molecular weight is 298 g/mol. The zero-order chi connectivity index (χ0) is 14.8. The van der Waals surface area contributed by atoms with Crippen molar-refractivity contribution in [2.45, 2.75) is 6.92 Å². The normalized spacial score (nSPS) is 10.6. The third-order valence-electron chi connectivity index (χ3n) is 2.97. The summed E-state index contributed by atoms with van der Waals surface area (Å²) in [5, 5.41) is 0.724. The maximum absolute atomic E-state index is 13.4. The first-order valence-corrected chi connectivity index (χ1v) is 7.15. The van der Waals surface area contributed by atoms with Crippen LogP contribution in [0.25, 0.3) is 21.8 Å². The summed E-state index contributed by atoms with van der Waals surface area (Å²) in [6.45, 7) is 1.49. The summed E-state index contributed by atoms with van der Waals surface area (Å²) in [5.41, 5.74) is 2.02. The summed E-state index contributed by atoms with van der Waals surface area (Å²) in [5.74, 6) is -0.424. The highest BCUT2D eigenvalue weighted by molar-refractivity contribution is 7.17. The number of carbonyl (C=O) groups is 1. The molecule has 5 heteroatoms. The number of Topliss-reactive ketones (excluding diaryl/α,β-unsaturated/α-hetero) is 1. The minimum atomic E-state index is -0.347. The first-order valence-electron chi connectivity index (χ1n) is 6.33. The number of benzene rings is 1. The summed E-state index contributed by atoms with van der Waals surface area (Å²) in [7, 11) is 0. The molecule has 0 amide bonds. The summed E-state index contributed by atoms with van der Waals surface area (Å²) < 4.78 is 13.4. The number of rotatable bonds is 3. The van der Waals surface area contributed by atoms with Gasteiger partial charge in [-0.3, -0.25) is 9.78 Å². The van der Waals surface area contributed by atoms with Gasteiger partial charge in [-0.1, -0.05) is 12.1 Å². The first kappa shape index (κ1) is 13.6. The van der Waals surface area contributed by atoms with Gasteiger partial charge in [-0.2, -0.15) is 0 Å². The van der Waals surface area contributed by atoms with E-state index in [0.29, 0.717) is 16.1 Å². The standard InChI is InChI=1S/C16H11FN2OS/c1-10(20)15-14(12-3-2-4-13(17)9-12)19-16(21-15)11-5-7-18-8-6-11/h2-9H,1H3. The molecule has 3 aromatic rings. The van der Waals surface area contributed by atoms with Gasteiger partial charge in [0.1, 0.15) is 10.8 Å². The summed E-state index contributed by atoms with van der Waals surface area (Å²) >= 11 is 1.31. The molecule has 0 atom stereocenters. The summed E-state index contributed by atoms with van der Waals surface area (Å²) in [6.07, 6.45) is 3.35. The number of hydrogen-bond acceptors (Lipinski definition) is 4. The Kier molecular flexibility index (Phi) is 3.58. The van der Waals surface area contributed by atoms with E-state index in [2.05, 4.69) is 9.97 Å². The van der Waals surface area contributed by atoms with Crippen LogP contribution < -0.4 is 0 Å². The van der Waals surface area contributed by atoms with E-state index in [-0.39, 0.29) is 11.6 Å². The fourth-order valence-electron chi connectivity index (χ4n) is 2.01. The summed E-state index contributed by atoms with van der Waals surface area (Å²) in [4.78, 5) is 20.8. The number of ketones is 1. The predicted octanol–water partition coefficient (Wildman–Crippen LogP) is 4.21. The molecule has 0 fully saturated rings. The van der Waals surface area contributed by atoms with Gasteiger partial charge < -0.3 is 0 Å². The van der Waals surface area contributed by atoms with Crippen LogP contribution in [0.5, 0.6) is 0 Å². The number of carbonyl (C=O) groups excluding carboxylic acids is 1. The molecule has 3 nitrogen and oxygen atoms in total. The Labute approximate surface area is 125 Å². The Morgan fingerprint density at radius 1 is 1.14 bits per heavy atom. The number of nitrogens with zero attached hydrogens (tertiary/aromatic N) is 2. The lowest BCUT2D eigenvalue weighted by Crippen LogP contribution is -1.92. The SMILES string of the molecule is CC(=O)c1sc(-c2ccncc2)nc1-c1cccc(F)c1. The molecule has 3 rings (SSSR count). The van der Waals surface area contributed by atoms with Crippen molar-refractivity contribution >= 4 is 17.1 Å². The van der Waals surface area contributed by atoms with E-state index >= 15 is 0 Å². The second-order valence-corrected chi connectivity index (χ2v) is 5.50. The van der Waals surface area contributed by atoms with E-state index in [9.17, 15) is 9.18 Å². The topological polar surface area (TPSA) is 42.9 Å². The smallest absolute Gasteiger partial charge is 0.172 e. The lowest BCUT2D eigenvalue weighted by atomic mass is 10.1. The van der Waals surface area contributed by atoms with E-state index in [1.807, 2.05) is 12.1 Å². The fourth-order valence-corrected chi connectivity index (χ4v) is 3.00. The van der Waals surface area contributed by atoms with E-state index in [1.165, 1.54) is 30.4 Å². The monoisotopic (exact) mass is 298 g/mol. The minimum absolute atomic E-state index is 0.0768. The number of halogens is 1. The molecule has 0 aliphatic carbocycles. The Bertz CT molecular complexity index is 799. The molecule has 0 bridgehead atoms. The average Bonchev–Trinajstić information content (AvgIpc) is 2.93. The third kappa shape index (κ3) is 2.73. The molecular weight excluding hydrogens is 287 g/mol. The van der Waals surface area contributed by atoms with Crippen LogP contribution in [0.3, 0.4) is 0 Å². The molecule has 1 aromatic carbocycles. The van der Waals surface area contributed by atoms with E-state index in [1.54, 1.807) is 24.5 Å². The van der Waals surface area contributed by atoms with Gasteiger partial charge in [-0.15, -0.1) is 11.3 Å². The zero-order valence-corrected chi connectivity index (χ0v) is 12.0. The van der Waals surface area contributed by atoms with Crippen LogP contribution in [0, 0.1) is 5.82 Å².